The van der Waals surface area contributed by atoms with Crippen LogP contribution in [0.15, 0.2) is 65.5 Å². The SMILES string of the molecule is CC[C@@]1(OC(=O)CSCC(NC(C)=O)C(=O)NC(CCCCNC(=O)CN(CCN(CCN(CC(=O)O)CC(=O)O)CC(=O)O)CC(=O)O)C(=O)NC(Cc2ccc(O)cc2)C(=O)NC(CCCCNC(=O)CN(CCN(CCN(CC(=O)O)CC(=O)O)CC(=O)O)CC(=O)O)C(N)=O)C(=O)OCc2c1cc1n(c2=O)Cc2cc3ccccc3nc2-1. The Morgan fingerprint density at radius 3 is 1.45 bits per heavy atom. The van der Waals surface area contributed by atoms with Gasteiger partial charge in [-0.1, -0.05) is 37.3 Å². The van der Waals surface area contributed by atoms with Crippen molar-refractivity contribution < 1.29 is 137 Å². The predicted molar refractivity (Wildman–Crippen MR) is 424 cm³/mol. The Labute approximate surface area is 695 Å². The van der Waals surface area contributed by atoms with E-state index in [-0.39, 0.29) is 140 Å². The summed E-state index contributed by atoms with van der Waals surface area (Å²) in [6.45, 7) is -5.75. The minimum Gasteiger partial charge on any atom is -0.508 e. The molecule has 2 aliphatic rings. The fraction of sp³-hybridized carbons (Fsp3) is 0.513. The van der Waals surface area contributed by atoms with Crippen LogP contribution in [0, 0.1) is 0 Å². The first-order valence-corrected chi connectivity index (χ1v) is 39.5. The molecule has 0 aliphatic carbocycles. The zero-order valence-corrected chi connectivity index (χ0v) is 67.3. The number of primary amides is 1. The number of nitrogens with two attached hydrogens (primary N) is 1. The Bertz CT molecular complexity index is 4460. The smallest absolute Gasteiger partial charge is 0.355 e. The molecule has 660 valence electrons. The third-order valence-electron chi connectivity index (χ3n) is 19.2. The maximum Gasteiger partial charge on any atom is 0.355 e. The number of esters is 2. The zero-order valence-electron chi connectivity index (χ0n) is 66.5. The summed E-state index contributed by atoms with van der Waals surface area (Å²) in [6.07, 6.45) is -0.807. The second-order valence-corrected chi connectivity index (χ2v) is 29.7. The van der Waals surface area contributed by atoms with E-state index < -0.39 is 220 Å². The Hall–Kier alpha value is -12.3. The minimum absolute atomic E-state index is 0.0294. The van der Waals surface area contributed by atoms with E-state index in [9.17, 15) is 132 Å². The van der Waals surface area contributed by atoms with Gasteiger partial charge in [0.25, 0.3) is 5.56 Å². The number of pyridine rings is 2. The molecular weight excluding hydrogens is 1620 g/mol. The van der Waals surface area contributed by atoms with Crippen molar-refractivity contribution in [1.29, 1.82) is 0 Å². The first-order valence-electron chi connectivity index (χ1n) is 38.3. The highest BCUT2D eigenvalue weighted by atomic mass is 32.2. The summed E-state index contributed by atoms with van der Waals surface area (Å²) in [6, 6.07) is 9.93. The molecule has 45 heteroatoms. The van der Waals surface area contributed by atoms with Gasteiger partial charge >= 0.3 is 59.7 Å². The van der Waals surface area contributed by atoms with Crippen LogP contribution in [0.4, 0.5) is 0 Å². The number of hydrogen-bond acceptors (Lipinski definition) is 29. The zero-order chi connectivity index (χ0) is 89.2. The van der Waals surface area contributed by atoms with Gasteiger partial charge in [-0.3, -0.25) is 111 Å². The number of nitrogens with one attached hydrogen (secondary N) is 6. The van der Waals surface area contributed by atoms with E-state index in [0.29, 0.717) is 22.5 Å². The number of thioether (sulfide) groups is 1. The number of carboxylic acids is 8. The number of aromatic hydroxyl groups is 1. The van der Waals surface area contributed by atoms with Gasteiger partial charge in [0, 0.05) is 101 Å². The van der Waals surface area contributed by atoms with Gasteiger partial charge < -0.3 is 97.6 Å². The van der Waals surface area contributed by atoms with Crippen molar-refractivity contribution in [2.75, 3.05) is 142 Å². The predicted octanol–water partition coefficient (Wildman–Crippen LogP) is -4.18. The molecule has 6 rings (SSSR count). The molecule has 44 nitrogen and oxygen atoms in total. The summed E-state index contributed by atoms with van der Waals surface area (Å²) in [7, 11) is 0. The topological polar surface area (TPSA) is 643 Å². The fourth-order valence-electron chi connectivity index (χ4n) is 13.4. The molecule has 7 amide bonds. The average Bonchev–Trinajstić information content (AvgIpc) is 1.59. The van der Waals surface area contributed by atoms with Gasteiger partial charge in [-0.15, -0.1) is 11.8 Å². The van der Waals surface area contributed by atoms with Gasteiger partial charge in [-0.2, -0.15) is 0 Å². The molecule has 0 radical (unpaired) electrons. The van der Waals surface area contributed by atoms with Crippen LogP contribution >= 0.6 is 11.8 Å². The number of phenolic OH excluding ortho intramolecular Hbond substituents is 1. The number of carboxylic acid groups (broad SMARTS) is 8. The standard InChI is InChI=1S/C76H101N15O29S/c1-3-76(51-30-57-69-48(29-47-10-4-5-11-52(47)81-69)31-91(57)74(117)50(51)42-119-75(76)118)120-68(112)44-121-43-56(80-45(2)92)73(116)83-54(13-7-9-19-79-59(95)33-88(37-63(102)103)25-21-86(35-61(98)99)23-27-90(40-66(108)109)41-67(110)111)71(114)84-55(28-46-14-16-49(93)17-15-46)72(115)82-53(70(77)113)12-6-8-18-78-58(94)32-87(36-62(100)101)24-20-85(34-60(96)97)22-26-89(38-64(104)105)39-65(106)107/h4-5,10-11,14-17,29-30,53-56,93H,3,6-9,12-13,18-28,31-44H2,1-2H3,(H2,77,113)(H,78,94)(H,79,95)(H,80,92)(H,82,115)(H,83,116)(H,84,114)(H,96,97)(H,98,99)(H,100,101)(H,102,103)(H,104,105)(H,106,107)(H,108,109)(H,110,111)/t53?,54?,55?,56?,76-/m0/s1. The molecule has 2 aliphatic heterocycles. The molecule has 0 saturated carbocycles. The number of aliphatic carboxylic acids is 8. The van der Waals surface area contributed by atoms with Crippen LogP contribution in [0.5, 0.6) is 5.75 Å². The van der Waals surface area contributed by atoms with E-state index in [1.165, 1.54) is 48.4 Å². The van der Waals surface area contributed by atoms with Crippen molar-refractivity contribution in [1.82, 2.24) is 70.9 Å². The summed E-state index contributed by atoms with van der Waals surface area (Å²) in [5.74, 6) is -20.2. The second-order valence-electron chi connectivity index (χ2n) is 28.7. The van der Waals surface area contributed by atoms with Crippen molar-refractivity contribution in [2.45, 2.75) is 108 Å². The lowest BCUT2D eigenvalue weighted by Gasteiger charge is -2.35. The van der Waals surface area contributed by atoms with Crippen molar-refractivity contribution in [2.24, 2.45) is 5.73 Å². The molecular formula is C76H101N15O29S. The van der Waals surface area contributed by atoms with E-state index in [1.807, 2.05) is 18.2 Å². The van der Waals surface area contributed by atoms with Crippen molar-refractivity contribution in [3.8, 4) is 17.1 Å². The number of hydrogen-bond donors (Lipinski definition) is 16. The van der Waals surface area contributed by atoms with E-state index >= 15 is 0 Å². The van der Waals surface area contributed by atoms with Gasteiger partial charge in [0.15, 0.2) is 0 Å². The number of carbonyl (C=O) groups excluding carboxylic acids is 9. The number of nitrogens with zero attached hydrogens (tertiary/aromatic N) is 8. The molecule has 121 heavy (non-hydrogen) atoms. The van der Waals surface area contributed by atoms with Crippen LogP contribution < -0.4 is 43.2 Å². The third kappa shape index (κ3) is 32.7. The lowest BCUT2D eigenvalue weighted by Crippen LogP contribution is -2.58. The lowest BCUT2D eigenvalue weighted by molar-refractivity contribution is -0.187. The third-order valence-corrected chi connectivity index (χ3v) is 20.2. The van der Waals surface area contributed by atoms with Crippen molar-refractivity contribution in [3.63, 3.8) is 0 Å². The van der Waals surface area contributed by atoms with Crippen LogP contribution in [0.2, 0.25) is 0 Å². The Kier molecular flexibility index (Phi) is 38.8. The van der Waals surface area contributed by atoms with E-state index in [1.54, 1.807) is 25.1 Å². The maximum atomic E-state index is 14.9. The number of fused-ring (bicyclic) bond motifs is 5. The summed E-state index contributed by atoms with van der Waals surface area (Å²) in [5.41, 5.74) is 5.88. The number of amides is 7. The van der Waals surface area contributed by atoms with E-state index in [0.717, 1.165) is 39.4 Å². The molecule has 0 spiro atoms. The molecule has 4 aromatic rings. The normalized spacial score (nSPS) is 14.3. The van der Waals surface area contributed by atoms with Crippen LogP contribution in [0.25, 0.3) is 22.3 Å². The molecule has 4 heterocycles. The first kappa shape index (κ1) is 97.5. The molecule has 2 aromatic carbocycles. The summed E-state index contributed by atoms with van der Waals surface area (Å²) >= 11 is 0.759. The fourth-order valence-corrected chi connectivity index (χ4v) is 14.2. The van der Waals surface area contributed by atoms with Gasteiger partial charge in [-0.05, 0) is 80.8 Å². The summed E-state index contributed by atoms with van der Waals surface area (Å²) < 4.78 is 13.0. The van der Waals surface area contributed by atoms with Crippen LogP contribution in [-0.2, 0) is 116 Å². The molecule has 0 saturated heterocycles. The molecule has 0 fully saturated rings. The van der Waals surface area contributed by atoms with Crippen molar-refractivity contribution >= 4 is 124 Å². The number of para-hydroxylation sites is 1. The minimum atomic E-state index is -2.13. The largest absolute Gasteiger partial charge is 0.508 e. The molecule has 4 unspecified atom stereocenters. The van der Waals surface area contributed by atoms with Gasteiger partial charge in [0.05, 0.1) is 100 Å². The molecule has 5 atom stereocenters. The maximum absolute atomic E-state index is 14.9. The van der Waals surface area contributed by atoms with Gasteiger partial charge in [0.1, 0.15) is 36.5 Å². The number of benzene rings is 2. The quantitative estimate of drug-likeness (QED) is 0.0130. The summed E-state index contributed by atoms with van der Waals surface area (Å²) in [5, 5.41) is 102. The highest BCUT2D eigenvalue weighted by Gasteiger charge is 2.51. The monoisotopic (exact) mass is 1720 g/mol. The van der Waals surface area contributed by atoms with E-state index in [2.05, 4.69) is 31.9 Å². The van der Waals surface area contributed by atoms with Gasteiger partial charge in [0.2, 0.25) is 47.0 Å². The number of unbranched alkanes of at least 4 members (excludes halogenated alkanes) is 2. The average molecular weight is 1720 g/mol. The molecule has 0 bridgehead atoms. The first-order chi connectivity index (χ1) is 57.3. The number of phenols is 1. The van der Waals surface area contributed by atoms with Crippen LogP contribution in [0.3, 0.4) is 0 Å². The molecule has 17 N–H and O–H groups in total. The van der Waals surface area contributed by atoms with Crippen LogP contribution in [0.1, 0.15) is 81.0 Å². The van der Waals surface area contributed by atoms with E-state index in [4.69, 9.17) is 20.2 Å². The Morgan fingerprint density at radius 1 is 0.545 bits per heavy atom. The van der Waals surface area contributed by atoms with Crippen molar-refractivity contribution in [3.05, 3.63) is 93.3 Å². The lowest BCUT2D eigenvalue weighted by atomic mass is 9.85. The highest BCUT2D eigenvalue weighted by molar-refractivity contribution is 8.00. The number of aromatic nitrogens is 2. The number of cyclic esters (lactones) is 1. The number of rotatable bonds is 58. The highest BCUT2D eigenvalue weighted by Crippen LogP contribution is 2.41. The number of carbonyl (C=O) groups is 17. The van der Waals surface area contributed by atoms with Crippen LogP contribution in [-0.4, -0.2) is 353 Å². The Morgan fingerprint density at radius 2 is 0.975 bits per heavy atom. The Balaban J connectivity index is 1.17. The number of ether oxygens (including phenoxy) is 2. The van der Waals surface area contributed by atoms with Gasteiger partial charge in [-0.25, -0.2) is 9.78 Å². The summed E-state index contributed by atoms with van der Waals surface area (Å²) in [4.78, 5) is 244. The molecule has 2 aromatic heterocycles. The second kappa shape index (κ2) is 48.1.